The van der Waals surface area contributed by atoms with Gasteiger partial charge in [0.2, 0.25) is 0 Å². The van der Waals surface area contributed by atoms with Crippen molar-refractivity contribution in [3.8, 4) is 10.6 Å². The summed E-state index contributed by atoms with van der Waals surface area (Å²) < 4.78 is 0. The maximum Gasteiger partial charge on any atom is 0.306 e. The highest BCUT2D eigenvalue weighted by atomic mass is 32.1. The number of carboxylic acids is 1. The van der Waals surface area contributed by atoms with Crippen LogP contribution in [-0.4, -0.2) is 21.0 Å². The van der Waals surface area contributed by atoms with Crippen LogP contribution in [0.15, 0.2) is 23.7 Å². The molecule has 0 saturated carbocycles. The molecule has 0 spiro atoms. The van der Waals surface area contributed by atoms with Gasteiger partial charge in [0.15, 0.2) is 0 Å². The minimum Gasteiger partial charge on any atom is -0.481 e. The Hall–Kier alpha value is -2.21. The van der Waals surface area contributed by atoms with Crippen molar-refractivity contribution in [1.82, 2.24) is 9.97 Å². The molecule has 2 aromatic heterocycles. The first-order valence-corrected chi connectivity index (χ1v) is 8.59. The average molecular weight is 329 g/mol. The Kier molecular flexibility index (Phi) is 4.43. The molecular formula is C17H19N3O2S. The zero-order chi connectivity index (χ0) is 16.4. The third-order valence-corrected chi connectivity index (χ3v) is 5.20. The third kappa shape index (κ3) is 3.12. The van der Waals surface area contributed by atoms with E-state index in [1.54, 1.807) is 17.5 Å². The van der Waals surface area contributed by atoms with Crippen molar-refractivity contribution >= 4 is 28.7 Å². The van der Waals surface area contributed by atoms with Crippen LogP contribution in [0.3, 0.4) is 0 Å². The second-order valence-electron chi connectivity index (χ2n) is 5.66. The third-order valence-electron chi connectivity index (χ3n) is 4.23. The van der Waals surface area contributed by atoms with E-state index in [9.17, 15) is 4.79 Å². The molecule has 0 unspecified atom stereocenters. The van der Waals surface area contributed by atoms with E-state index in [4.69, 9.17) is 15.8 Å². The van der Waals surface area contributed by atoms with Crippen LogP contribution in [0.1, 0.15) is 37.4 Å². The molecule has 0 amide bonds. The van der Waals surface area contributed by atoms with Gasteiger partial charge >= 0.3 is 5.97 Å². The molecule has 1 atom stereocenters. The van der Waals surface area contributed by atoms with Crippen LogP contribution in [0.4, 0.5) is 5.82 Å². The van der Waals surface area contributed by atoms with Crippen LogP contribution < -0.4 is 5.73 Å². The summed E-state index contributed by atoms with van der Waals surface area (Å²) in [6.45, 7) is 2.12. The van der Waals surface area contributed by atoms with E-state index in [2.05, 4.69) is 23.4 Å². The van der Waals surface area contributed by atoms with Gasteiger partial charge in [0.05, 0.1) is 22.7 Å². The van der Waals surface area contributed by atoms with Gasteiger partial charge in [0, 0.05) is 0 Å². The lowest BCUT2D eigenvalue weighted by Crippen LogP contribution is -2.16. The van der Waals surface area contributed by atoms with Crippen molar-refractivity contribution in [3.05, 3.63) is 35.0 Å². The molecule has 23 heavy (non-hydrogen) atoms. The van der Waals surface area contributed by atoms with E-state index < -0.39 is 5.97 Å². The predicted octanol–water partition coefficient (Wildman–Crippen LogP) is 3.62. The molecule has 3 N–H and O–H groups in total. The molecule has 0 saturated heterocycles. The fraction of sp³-hybridized carbons (Fsp3) is 0.353. The van der Waals surface area contributed by atoms with Gasteiger partial charge < -0.3 is 10.8 Å². The maximum atomic E-state index is 11.1. The number of hydrogen-bond donors (Lipinski definition) is 2. The first-order valence-electron chi connectivity index (χ1n) is 7.71. The lowest BCUT2D eigenvalue weighted by molar-refractivity contribution is -0.141. The number of thiophene rings is 1. The Morgan fingerprint density at radius 3 is 3.00 bits per heavy atom. The van der Waals surface area contributed by atoms with Crippen LogP contribution in [0.2, 0.25) is 0 Å². The number of carboxylic acid groups (broad SMARTS) is 1. The number of carbonyl (C=O) groups is 1. The molecule has 2 heterocycles. The normalized spacial score (nSPS) is 17.8. The second-order valence-corrected chi connectivity index (χ2v) is 6.57. The minimum atomic E-state index is -0.737. The molecule has 1 aliphatic rings. The highest BCUT2D eigenvalue weighted by Crippen LogP contribution is 2.34. The maximum absolute atomic E-state index is 11.1. The number of aliphatic carboxylic acids is 1. The van der Waals surface area contributed by atoms with Crippen molar-refractivity contribution in [2.45, 2.75) is 32.6 Å². The summed E-state index contributed by atoms with van der Waals surface area (Å²) in [5.41, 5.74) is 9.80. The van der Waals surface area contributed by atoms with Crippen LogP contribution in [0.25, 0.3) is 16.1 Å². The van der Waals surface area contributed by atoms with E-state index in [-0.39, 0.29) is 5.92 Å². The summed E-state index contributed by atoms with van der Waals surface area (Å²) in [5, 5.41) is 11.2. The van der Waals surface area contributed by atoms with Gasteiger partial charge in [0.1, 0.15) is 11.5 Å². The zero-order valence-corrected chi connectivity index (χ0v) is 13.8. The molecule has 5 nitrogen and oxygen atoms in total. The number of hydrogen-bond acceptors (Lipinski definition) is 5. The average Bonchev–Trinajstić information content (AvgIpc) is 3.04. The van der Waals surface area contributed by atoms with Crippen molar-refractivity contribution in [2.75, 3.05) is 5.73 Å². The Bertz CT molecular complexity index is 767. The molecule has 0 aliphatic heterocycles. The van der Waals surface area contributed by atoms with Gasteiger partial charge in [-0.05, 0) is 48.3 Å². The fourth-order valence-electron chi connectivity index (χ4n) is 2.86. The van der Waals surface area contributed by atoms with E-state index in [1.807, 2.05) is 6.08 Å². The number of anilines is 1. The smallest absolute Gasteiger partial charge is 0.306 e. The molecule has 2 aromatic rings. The number of aromatic nitrogens is 2. The topological polar surface area (TPSA) is 89.1 Å². The van der Waals surface area contributed by atoms with Gasteiger partial charge in [-0.1, -0.05) is 13.0 Å². The number of allylic oxidation sites excluding steroid dienone is 2. The molecule has 0 aromatic carbocycles. The van der Waals surface area contributed by atoms with Crippen LogP contribution in [-0.2, 0) is 11.2 Å². The lowest BCUT2D eigenvalue weighted by Gasteiger charge is -2.19. The largest absolute Gasteiger partial charge is 0.481 e. The van der Waals surface area contributed by atoms with Gasteiger partial charge in [0.25, 0.3) is 0 Å². The summed E-state index contributed by atoms with van der Waals surface area (Å²) >= 11 is 1.65. The lowest BCUT2D eigenvalue weighted by atomic mass is 9.88. The molecule has 1 aliphatic carbocycles. The SMILES string of the molecule is CCc1ccsc1-c1cnc(N)c(C2=CC[C@H](C(=O)O)CC2)n1. The Labute approximate surface area is 138 Å². The Morgan fingerprint density at radius 2 is 2.35 bits per heavy atom. The summed E-state index contributed by atoms with van der Waals surface area (Å²) in [4.78, 5) is 21.2. The highest BCUT2D eigenvalue weighted by Gasteiger charge is 2.23. The summed E-state index contributed by atoms with van der Waals surface area (Å²) in [7, 11) is 0. The molecular weight excluding hydrogens is 310 g/mol. The summed E-state index contributed by atoms with van der Waals surface area (Å²) in [6, 6.07) is 2.11. The zero-order valence-electron chi connectivity index (χ0n) is 13.0. The van der Waals surface area contributed by atoms with Crippen molar-refractivity contribution < 1.29 is 9.90 Å². The Balaban J connectivity index is 1.95. The molecule has 6 heteroatoms. The minimum absolute atomic E-state index is 0.305. The van der Waals surface area contributed by atoms with Crippen molar-refractivity contribution in [3.63, 3.8) is 0 Å². The molecule has 0 fully saturated rings. The first-order chi connectivity index (χ1) is 11.1. The second kappa shape index (κ2) is 6.50. The van der Waals surface area contributed by atoms with Gasteiger partial charge in [-0.25, -0.2) is 9.97 Å². The number of nitrogens with two attached hydrogens (primary N) is 1. The van der Waals surface area contributed by atoms with Gasteiger partial charge in [-0.2, -0.15) is 0 Å². The molecule has 120 valence electrons. The highest BCUT2D eigenvalue weighted by molar-refractivity contribution is 7.13. The van der Waals surface area contributed by atoms with E-state index in [0.717, 1.165) is 22.6 Å². The summed E-state index contributed by atoms with van der Waals surface area (Å²) in [5.74, 6) is -0.636. The predicted molar refractivity (Wildman–Crippen MR) is 92.1 cm³/mol. The van der Waals surface area contributed by atoms with Crippen molar-refractivity contribution in [1.29, 1.82) is 0 Å². The number of nitrogen functional groups attached to an aromatic ring is 1. The van der Waals surface area contributed by atoms with Crippen LogP contribution in [0, 0.1) is 5.92 Å². The van der Waals surface area contributed by atoms with Crippen LogP contribution in [0.5, 0.6) is 0 Å². The standard InChI is InChI=1S/C17H19N3O2S/c1-2-10-7-8-23-15(10)13-9-19-16(18)14(20-13)11-3-5-12(6-4-11)17(21)22/h3,7-9,12H,2,4-6H2,1H3,(H2,18,19)(H,21,22)/t12-/m0/s1. The van der Waals surface area contributed by atoms with E-state index in [1.165, 1.54) is 5.56 Å². The quantitative estimate of drug-likeness (QED) is 0.894. The molecule has 0 radical (unpaired) electrons. The first kappa shape index (κ1) is 15.7. The van der Waals surface area contributed by atoms with Crippen molar-refractivity contribution in [2.24, 2.45) is 5.92 Å². The number of aryl methyl sites for hydroxylation is 1. The van der Waals surface area contributed by atoms with E-state index in [0.29, 0.717) is 30.8 Å². The summed E-state index contributed by atoms with van der Waals surface area (Å²) in [6.07, 6.45) is 6.42. The number of rotatable bonds is 4. The monoisotopic (exact) mass is 329 g/mol. The molecule has 3 rings (SSSR count). The Morgan fingerprint density at radius 1 is 1.52 bits per heavy atom. The van der Waals surface area contributed by atoms with Gasteiger partial charge in [-0.3, -0.25) is 4.79 Å². The van der Waals surface area contributed by atoms with Gasteiger partial charge in [-0.15, -0.1) is 11.3 Å². The fourth-order valence-corrected chi connectivity index (χ4v) is 3.81. The van der Waals surface area contributed by atoms with Crippen LogP contribution >= 0.6 is 11.3 Å². The number of nitrogens with zero attached hydrogens (tertiary/aromatic N) is 2. The van der Waals surface area contributed by atoms with E-state index >= 15 is 0 Å². The molecule has 0 bridgehead atoms.